The number of nitrogens with one attached hydrogen (secondary N) is 3. The molecule has 0 aliphatic carbocycles. The molecule has 2 heterocycles. The molecule has 0 radical (unpaired) electrons. The molecule has 0 atom stereocenters. The van der Waals surface area contributed by atoms with Crippen LogP contribution in [0.1, 0.15) is 26.4 Å². The van der Waals surface area contributed by atoms with E-state index in [1.807, 2.05) is 6.07 Å². The molecule has 1 aliphatic rings. The van der Waals surface area contributed by atoms with E-state index in [0.717, 1.165) is 39.3 Å². The Balaban J connectivity index is 1.22. The molecule has 3 aromatic rings. The Morgan fingerprint density at radius 3 is 2.38 bits per heavy atom. The van der Waals surface area contributed by atoms with Crippen molar-refractivity contribution in [2.45, 2.75) is 6.54 Å². The summed E-state index contributed by atoms with van der Waals surface area (Å²) in [6.45, 7) is 6.20. The van der Waals surface area contributed by atoms with Gasteiger partial charge in [-0.2, -0.15) is 5.10 Å². The SMILES string of the molecule is O=C(Nc1n[nH]c(C(=O)NCCN2CCN(Cc3ccccc3)CC2)c1Br)c1ccccc1Cl. The average molecular weight is 546 g/mol. The monoisotopic (exact) mass is 544 g/mol. The fourth-order valence-corrected chi connectivity index (χ4v) is 4.49. The third-order valence-corrected chi connectivity index (χ3v) is 6.81. The molecule has 4 rings (SSSR count). The van der Waals surface area contributed by atoms with Crippen LogP contribution in [0.4, 0.5) is 5.82 Å². The highest BCUT2D eigenvalue weighted by atomic mass is 79.9. The van der Waals surface area contributed by atoms with Gasteiger partial charge in [0.25, 0.3) is 11.8 Å². The molecule has 2 aromatic carbocycles. The Morgan fingerprint density at radius 1 is 0.971 bits per heavy atom. The molecule has 178 valence electrons. The fourth-order valence-electron chi connectivity index (χ4n) is 3.81. The van der Waals surface area contributed by atoms with Crippen LogP contribution in [0, 0.1) is 0 Å². The van der Waals surface area contributed by atoms with Crippen molar-refractivity contribution in [3.8, 4) is 0 Å². The lowest BCUT2D eigenvalue weighted by Gasteiger charge is -2.34. The maximum Gasteiger partial charge on any atom is 0.270 e. The molecule has 1 saturated heterocycles. The number of hydrogen-bond acceptors (Lipinski definition) is 5. The van der Waals surface area contributed by atoms with Crippen LogP contribution in [0.2, 0.25) is 5.02 Å². The van der Waals surface area contributed by atoms with Crippen molar-refractivity contribution in [1.29, 1.82) is 0 Å². The van der Waals surface area contributed by atoms with E-state index in [-0.39, 0.29) is 17.4 Å². The molecule has 2 amide bonds. The number of nitrogens with zero attached hydrogens (tertiary/aromatic N) is 3. The molecule has 0 spiro atoms. The van der Waals surface area contributed by atoms with Gasteiger partial charge in [-0.25, -0.2) is 0 Å². The predicted molar refractivity (Wildman–Crippen MR) is 136 cm³/mol. The summed E-state index contributed by atoms with van der Waals surface area (Å²) >= 11 is 9.43. The second-order valence-corrected chi connectivity index (χ2v) is 9.25. The molecule has 3 N–H and O–H groups in total. The van der Waals surface area contributed by atoms with Crippen LogP contribution in [0.3, 0.4) is 0 Å². The lowest BCUT2D eigenvalue weighted by Crippen LogP contribution is -2.48. The van der Waals surface area contributed by atoms with Crippen molar-refractivity contribution in [3.05, 3.63) is 80.9 Å². The van der Waals surface area contributed by atoms with Crippen molar-refractivity contribution in [2.24, 2.45) is 0 Å². The third-order valence-electron chi connectivity index (χ3n) is 5.71. The third kappa shape index (κ3) is 6.24. The van der Waals surface area contributed by atoms with Gasteiger partial charge in [0, 0.05) is 45.8 Å². The number of rotatable bonds is 8. The van der Waals surface area contributed by atoms with Crippen LogP contribution < -0.4 is 10.6 Å². The van der Waals surface area contributed by atoms with Gasteiger partial charge in [0.05, 0.1) is 15.1 Å². The van der Waals surface area contributed by atoms with Gasteiger partial charge in [-0.3, -0.25) is 24.5 Å². The lowest BCUT2D eigenvalue weighted by atomic mass is 10.2. The van der Waals surface area contributed by atoms with E-state index in [1.54, 1.807) is 24.3 Å². The average Bonchev–Trinajstić information content (AvgIpc) is 3.21. The van der Waals surface area contributed by atoms with Crippen LogP contribution in [-0.4, -0.2) is 71.1 Å². The zero-order valence-electron chi connectivity index (χ0n) is 18.6. The fraction of sp³-hybridized carbons (Fsp3) is 0.292. The lowest BCUT2D eigenvalue weighted by molar-refractivity contribution is 0.0927. The zero-order chi connectivity index (χ0) is 23.9. The van der Waals surface area contributed by atoms with Gasteiger partial charge >= 0.3 is 0 Å². The number of aromatic amines is 1. The number of anilines is 1. The van der Waals surface area contributed by atoms with E-state index in [1.165, 1.54) is 5.56 Å². The Labute approximate surface area is 211 Å². The highest BCUT2D eigenvalue weighted by molar-refractivity contribution is 9.10. The summed E-state index contributed by atoms with van der Waals surface area (Å²) in [6, 6.07) is 17.2. The van der Waals surface area contributed by atoms with Gasteiger partial charge in [-0.15, -0.1) is 0 Å². The summed E-state index contributed by atoms with van der Waals surface area (Å²) in [7, 11) is 0. The minimum Gasteiger partial charge on any atom is -0.349 e. The standard InChI is InChI=1S/C24H26BrClN6O2/c25-20-21(29-30-22(20)28-23(33)18-8-4-5-9-19(18)26)24(34)27-10-11-31-12-14-32(15-13-31)16-17-6-2-1-3-7-17/h1-9H,10-16H2,(H,27,34)(H2,28,29,30,33). The predicted octanol–water partition coefficient (Wildman–Crippen LogP) is 3.63. The van der Waals surface area contributed by atoms with Gasteiger partial charge in [0.2, 0.25) is 0 Å². The van der Waals surface area contributed by atoms with Crippen LogP contribution in [0.25, 0.3) is 0 Å². The summed E-state index contributed by atoms with van der Waals surface area (Å²) in [5.74, 6) is -0.471. The first kappa shape index (κ1) is 24.4. The van der Waals surface area contributed by atoms with Gasteiger partial charge < -0.3 is 10.6 Å². The number of H-pyrrole nitrogens is 1. The Hall–Kier alpha value is -2.72. The van der Waals surface area contributed by atoms with E-state index in [0.29, 0.717) is 21.6 Å². The van der Waals surface area contributed by atoms with Crippen LogP contribution >= 0.6 is 27.5 Å². The first-order chi connectivity index (χ1) is 16.5. The van der Waals surface area contributed by atoms with Crippen molar-refractivity contribution < 1.29 is 9.59 Å². The van der Waals surface area contributed by atoms with Gasteiger partial charge in [0.1, 0.15) is 5.69 Å². The summed E-state index contributed by atoms with van der Waals surface area (Å²) in [5, 5.41) is 12.7. The molecular weight excluding hydrogens is 520 g/mol. The molecule has 8 nitrogen and oxygen atoms in total. The number of halogens is 2. The first-order valence-electron chi connectivity index (χ1n) is 11.1. The smallest absolute Gasteiger partial charge is 0.270 e. The van der Waals surface area contributed by atoms with E-state index >= 15 is 0 Å². The normalized spacial score (nSPS) is 14.6. The number of hydrogen-bond donors (Lipinski definition) is 3. The van der Waals surface area contributed by atoms with Crippen molar-refractivity contribution in [2.75, 3.05) is 44.6 Å². The number of carbonyl (C=O) groups excluding carboxylic acids is 2. The second kappa shape index (κ2) is 11.6. The minimum absolute atomic E-state index is 0.226. The Bertz CT molecular complexity index is 1130. The molecule has 1 fully saturated rings. The van der Waals surface area contributed by atoms with E-state index in [9.17, 15) is 9.59 Å². The molecule has 0 bridgehead atoms. The van der Waals surface area contributed by atoms with E-state index in [2.05, 4.69) is 70.8 Å². The summed E-state index contributed by atoms with van der Waals surface area (Å²) in [5.41, 5.74) is 1.91. The first-order valence-corrected chi connectivity index (χ1v) is 12.2. The van der Waals surface area contributed by atoms with Crippen molar-refractivity contribution in [3.63, 3.8) is 0 Å². The van der Waals surface area contributed by atoms with E-state index in [4.69, 9.17) is 11.6 Å². The highest BCUT2D eigenvalue weighted by Crippen LogP contribution is 2.25. The molecule has 10 heteroatoms. The van der Waals surface area contributed by atoms with Crippen molar-refractivity contribution in [1.82, 2.24) is 25.3 Å². The second-order valence-electron chi connectivity index (χ2n) is 8.05. The largest absolute Gasteiger partial charge is 0.349 e. The Morgan fingerprint density at radius 2 is 1.65 bits per heavy atom. The van der Waals surface area contributed by atoms with Crippen molar-refractivity contribution >= 4 is 45.2 Å². The molecule has 1 aromatic heterocycles. The molecular formula is C24H26BrClN6O2. The minimum atomic E-state index is -0.406. The van der Waals surface area contributed by atoms with Gasteiger partial charge in [-0.05, 0) is 33.6 Å². The number of carbonyl (C=O) groups is 2. The summed E-state index contributed by atoms with van der Waals surface area (Å²) in [6.07, 6.45) is 0. The van der Waals surface area contributed by atoms with Crippen LogP contribution in [0.5, 0.6) is 0 Å². The topological polar surface area (TPSA) is 93.4 Å². The molecule has 1 aliphatic heterocycles. The number of amides is 2. The summed E-state index contributed by atoms with van der Waals surface area (Å²) in [4.78, 5) is 29.9. The summed E-state index contributed by atoms with van der Waals surface area (Å²) < 4.78 is 0.389. The maximum atomic E-state index is 12.6. The number of benzene rings is 2. The molecule has 0 unspecified atom stereocenters. The number of aromatic nitrogens is 2. The van der Waals surface area contributed by atoms with E-state index < -0.39 is 5.91 Å². The highest BCUT2D eigenvalue weighted by Gasteiger charge is 2.21. The zero-order valence-corrected chi connectivity index (χ0v) is 20.9. The van der Waals surface area contributed by atoms with Crippen LogP contribution in [-0.2, 0) is 6.54 Å². The number of piperazine rings is 1. The van der Waals surface area contributed by atoms with Gasteiger partial charge in [0.15, 0.2) is 5.82 Å². The molecule has 0 saturated carbocycles. The Kier molecular flexibility index (Phi) is 8.34. The van der Waals surface area contributed by atoms with Crippen LogP contribution in [0.15, 0.2) is 59.1 Å². The maximum absolute atomic E-state index is 12.6. The van der Waals surface area contributed by atoms with Gasteiger partial charge in [-0.1, -0.05) is 54.1 Å². The molecule has 34 heavy (non-hydrogen) atoms. The quantitative estimate of drug-likeness (QED) is 0.402.